The van der Waals surface area contributed by atoms with Crippen LogP contribution in [0.3, 0.4) is 0 Å². The van der Waals surface area contributed by atoms with Crippen molar-refractivity contribution in [2.75, 3.05) is 11.3 Å². The summed E-state index contributed by atoms with van der Waals surface area (Å²) in [6, 6.07) is 11.4. The number of carbonyl (C=O) groups excluding carboxylic acids is 1. The van der Waals surface area contributed by atoms with Crippen molar-refractivity contribution in [1.82, 2.24) is 5.32 Å². The summed E-state index contributed by atoms with van der Waals surface area (Å²) in [5.41, 5.74) is 2.56. The van der Waals surface area contributed by atoms with Crippen LogP contribution in [0.15, 0.2) is 60.0 Å². The zero-order valence-electron chi connectivity index (χ0n) is 13.7. The molecular formula is C18H20N2O3S. The van der Waals surface area contributed by atoms with Crippen LogP contribution in [0.1, 0.15) is 21.5 Å². The summed E-state index contributed by atoms with van der Waals surface area (Å²) in [5.74, 6) is -0.231. The third-order valence-electron chi connectivity index (χ3n) is 3.47. The molecule has 6 heteroatoms. The van der Waals surface area contributed by atoms with Crippen LogP contribution in [0.2, 0.25) is 0 Å². The molecule has 0 heterocycles. The Bertz CT molecular complexity index is 856. The Labute approximate surface area is 142 Å². The predicted octanol–water partition coefficient (Wildman–Crippen LogP) is 3.02. The molecule has 2 aromatic rings. The second kappa shape index (κ2) is 7.31. The molecule has 2 aromatic carbocycles. The van der Waals surface area contributed by atoms with Gasteiger partial charge in [-0.15, -0.1) is 6.58 Å². The molecule has 0 aliphatic rings. The number of anilines is 1. The van der Waals surface area contributed by atoms with E-state index >= 15 is 0 Å². The molecule has 0 bridgehead atoms. The molecule has 0 fully saturated rings. The largest absolute Gasteiger partial charge is 0.349 e. The van der Waals surface area contributed by atoms with Crippen LogP contribution in [-0.4, -0.2) is 20.9 Å². The minimum absolute atomic E-state index is 0.195. The van der Waals surface area contributed by atoms with Gasteiger partial charge in [-0.2, -0.15) is 0 Å². The maximum absolute atomic E-state index is 12.4. The number of sulfonamides is 1. The van der Waals surface area contributed by atoms with Crippen molar-refractivity contribution in [3.05, 3.63) is 71.8 Å². The summed E-state index contributed by atoms with van der Waals surface area (Å²) < 4.78 is 27.4. The average molecular weight is 344 g/mol. The first-order chi connectivity index (χ1) is 11.3. The Morgan fingerprint density at radius 3 is 2.38 bits per heavy atom. The Morgan fingerprint density at radius 1 is 1.12 bits per heavy atom. The fourth-order valence-electron chi connectivity index (χ4n) is 2.11. The van der Waals surface area contributed by atoms with Crippen LogP contribution in [0.25, 0.3) is 0 Å². The molecule has 2 rings (SSSR count). The number of hydrogen-bond donors (Lipinski definition) is 2. The fourth-order valence-corrected chi connectivity index (χ4v) is 3.24. The molecule has 24 heavy (non-hydrogen) atoms. The van der Waals surface area contributed by atoms with E-state index in [9.17, 15) is 13.2 Å². The van der Waals surface area contributed by atoms with Crippen molar-refractivity contribution in [3.63, 3.8) is 0 Å². The molecule has 0 saturated carbocycles. The van der Waals surface area contributed by atoms with E-state index in [0.29, 0.717) is 23.4 Å². The molecule has 1 amide bonds. The molecule has 0 saturated heterocycles. The smallest absolute Gasteiger partial charge is 0.261 e. The lowest BCUT2D eigenvalue weighted by Crippen LogP contribution is -2.23. The highest BCUT2D eigenvalue weighted by Crippen LogP contribution is 2.21. The van der Waals surface area contributed by atoms with Gasteiger partial charge in [-0.05, 0) is 49.7 Å². The molecule has 0 aromatic heterocycles. The van der Waals surface area contributed by atoms with Crippen LogP contribution in [0.5, 0.6) is 0 Å². The summed E-state index contributed by atoms with van der Waals surface area (Å²) in [6.45, 7) is 7.56. The lowest BCUT2D eigenvalue weighted by Gasteiger charge is -2.12. The molecule has 0 aliphatic carbocycles. The van der Waals surface area contributed by atoms with Gasteiger partial charge in [-0.1, -0.05) is 23.8 Å². The van der Waals surface area contributed by atoms with E-state index in [1.165, 1.54) is 0 Å². The molecule has 2 N–H and O–H groups in total. The van der Waals surface area contributed by atoms with Gasteiger partial charge in [-0.25, -0.2) is 8.42 Å². The zero-order chi connectivity index (χ0) is 17.7. The maximum atomic E-state index is 12.4. The van der Waals surface area contributed by atoms with E-state index in [2.05, 4.69) is 16.6 Å². The SMILES string of the molecule is C=CCNC(=O)c1ccc(NS(=O)(=O)c2ccc(C)cc2)c(C)c1. The van der Waals surface area contributed by atoms with Gasteiger partial charge in [0.1, 0.15) is 0 Å². The van der Waals surface area contributed by atoms with Gasteiger partial charge in [0, 0.05) is 12.1 Å². The minimum atomic E-state index is -3.66. The lowest BCUT2D eigenvalue weighted by atomic mass is 10.1. The first-order valence-corrected chi connectivity index (χ1v) is 8.91. The zero-order valence-corrected chi connectivity index (χ0v) is 14.5. The van der Waals surface area contributed by atoms with Crippen molar-refractivity contribution in [2.24, 2.45) is 0 Å². The van der Waals surface area contributed by atoms with Crippen molar-refractivity contribution >= 4 is 21.6 Å². The summed E-state index contributed by atoms with van der Waals surface area (Å²) in [5, 5.41) is 2.68. The Balaban J connectivity index is 2.22. The minimum Gasteiger partial charge on any atom is -0.349 e. The second-order valence-corrected chi connectivity index (χ2v) is 7.13. The van der Waals surface area contributed by atoms with Gasteiger partial charge < -0.3 is 5.32 Å². The van der Waals surface area contributed by atoms with E-state index in [-0.39, 0.29) is 10.8 Å². The van der Waals surface area contributed by atoms with E-state index in [0.717, 1.165) is 5.56 Å². The van der Waals surface area contributed by atoms with Crippen LogP contribution in [0.4, 0.5) is 5.69 Å². The van der Waals surface area contributed by atoms with E-state index < -0.39 is 10.0 Å². The number of benzene rings is 2. The Morgan fingerprint density at radius 2 is 1.79 bits per heavy atom. The van der Waals surface area contributed by atoms with Gasteiger partial charge in [-0.3, -0.25) is 9.52 Å². The highest BCUT2D eigenvalue weighted by Gasteiger charge is 2.16. The maximum Gasteiger partial charge on any atom is 0.261 e. The molecular weight excluding hydrogens is 324 g/mol. The van der Waals surface area contributed by atoms with E-state index in [4.69, 9.17) is 0 Å². The van der Waals surface area contributed by atoms with Gasteiger partial charge in [0.2, 0.25) is 0 Å². The Hall–Kier alpha value is -2.60. The van der Waals surface area contributed by atoms with Crippen molar-refractivity contribution in [2.45, 2.75) is 18.7 Å². The van der Waals surface area contributed by atoms with Gasteiger partial charge in [0.15, 0.2) is 0 Å². The predicted molar refractivity (Wildman–Crippen MR) is 95.7 cm³/mol. The number of amides is 1. The van der Waals surface area contributed by atoms with Crippen LogP contribution in [0, 0.1) is 13.8 Å². The highest BCUT2D eigenvalue weighted by atomic mass is 32.2. The number of aryl methyl sites for hydroxylation is 2. The summed E-state index contributed by atoms with van der Waals surface area (Å²) in [6.07, 6.45) is 1.59. The molecule has 0 atom stereocenters. The monoisotopic (exact) mass is 344 g/mol. The molecule has 0 spiro atoms. The van der Waals surface area contributed by atoms with Gasteiger partial charge in [0.05, 0.1) is 10.6 Å². The van der Waals surface area contributed by atoms with Gasteiger partial charge >= 0.3 is 0 Å². The third-order valence-corrected chi connectivity index (χ3v) is 4.85. The number of rotatable bonds is 6. The number of carbonyl (C=O) groups is 1. The number of hydrogen-bond acceptors (Lipinski definition) is 3. The van der Waals surface area contributed by atoms with Crippen molar-refractivity contribution in [1.29, 1.82) is 0 Å². The van der Waals surface area contributed by atoms with Gasteiger partial charge in [0.25, 0.3) is 15.9 Å². The lowest BCUT2D eigenvalue weighted by molar-refractivity contribution is 0.0958. The van der Waals surface area contributed by atoms with Crippen LogP contribution >= 0.6 is 0 Å². The molecule has 5 nitrogen and oxygen atoms in total. The second-order valence-electron chi connectivity index (χ2n) is 5.45. The first kappa shape index (κ1) is 17.7. The van der Waals surface area contributed by atoms with Crippen molar-refractivity contribution in [3.8, 4) is 0 Å². The van der Waals surface area contributed by atoms with E-state index in [1.54, 1.807) is 55.5 Å². The first-order valence-electron chi connectivity index (χ1n) is 7.43. The van der Waals surface area contributed by atoms with Crippen molar-refractivity contribution < 1.29 is 13.2 Å². The standard InChI is InChI=1S/C18H20N2O3S/c1-4-11-19-18(21)15-7-10-17(14(3)12-15)20-24(22,23)16-8-5-13(2)6-9-16/h4-10,12,20H,1,11H2,2-3H3,(H,19,21). The Kier molecular flexibility index (Phi) is 5.41. The summed E-state index contributed by atoms with van der Waals surface area (Å²) in [4.78, 5) is 12.1. The molecule has 0 aliphatic heterocycles. The topological polar surface area (TPSA) is 75.3 Å². The average Bonchev–Trinajstić information content (AvgIpc) is 2.54. The van der Waals surface area contributed by atoms with Crippen LogP contribution in [-0.2, 0) is 10.0 Å². The normalized spacial score (nSPS) is 10.9. The number of nitrogens with one attached hydrogen (secondary N) is 2. The summed E-state index contributed by atoms with van der Waals surface area (Å²) >= 11 is 0. The van der Waals surface area contributed by atoms with Crippen LogP contribution < -0.4 is 10.0 Å². The third kappa shape index (κ3) is 4.23. The molecule has 0 radical (unpaired) electrons. The summed E-state index contributed by atoms with van der Waals surface area (Å²) in [7, 11) is -3.66. The quantitative estimate of drug-likeness (QED) is 0.791. The highest BCUT2D eigenvalue weighted by molar-refractivity contribution is 7.92. The van der Waals surface area contributed by atoms with E-state index in [1.807, 2.05) is 6.92 Å². The molecule has 126 valence electrons. The fraction of sp³-hybridized carbons (Fsp3) is 0.167. The molecule has 0 unspecified atom stereocenters.